The zero-order valence-electron chi connectivity index (χ0n) is 25.1. The lowest BCUT2D eigenvalue weighted by Gasteiger charge is -2.36. The van der Waals surface area contributed by atoms with Crippen molar-refractivity contribution < 1.29 is 19.2 Å². The zero-order chi connectivity index (χ0) is 30.8. The topological polar surface area (TPSA) is 140 Å². The van der Waals surface area contributed by atoms with E-state index >= 15 is 0 Å². The summed E-state index contributed by atoms with van der Waals surface area (Å²) in [6.45, 7) is 2.49. The van der Waals surface area contributed by atoms with E-state index in [9.17, 15) is 24.4 Å². The molecule has 0 spiro atoms. The van der Waals surface area contributed by atoms with Gasteiger partial charge in [-0.25, -0.2) is 0 Å². The molecule has 10 nitrogen and oxygen atoms in total. The van der Waals surface area contributed by atoms with E-state index in [-0.39, 0.29) is 36.7 Å². The highest BCUT2D eigenvalue weighted by molar-refractivity contribution is 5.97. The molecule has 2 aliphatic rings. The maximum Gasteiger partial charge on any atom is 0.253 e. The Labute approximate surface area is 247 Å². The molecule has 2 atom stereocenters. The third-order valence-corrected chi connectivity index (χ3v) is 8.46. The molecule has 0 unspecified atom stereocenters. The summed E-state index contributed by atoms with van der Waals surface area (Å²) in [6, 6.07) is 12.2. The number of primary amides is 1. The Morgan fingerprint density at radius 1 is 1.00 bits per heavy atom. The van der Waals surface area contributed by atoms with Crippen molar-refractivity contribution in [3.8, 4) is 6.07 Å². The van der Waals surface area contributed by atoms with E-state index in [4.69, 9.17) is 5.73 Å². The van der Waals surface area contributed by atoms with Gasteiger partial charge in [0.1, 0.15) is 11.5 Å². The van der Waals surface area contributed by atoms with E-state index in [1.807, 2.05) is 31.2 Å². The largest absolute Gasteiger partial charge is 0.369 e. The van der Waals surface area contributed by atoms with Crippen molar-refractivity contribution in [3.05, 3.63) is 69.8 Å². The molecule has 2 aromatic rings. The maximum absolute atomic E-state index is 13.7. The van der Waals surface area contributed by atoms with Crippen LogP contribution in [0.5, 0.6) is 0 Å². The van der Waals surface area contributed by atoms with Gasteiger partial charge >= 0.3 is 0 Å². The van der Waals surface area contributed by atoms with E-state index < -0.39 is 17.4 Å². The summed E-state index contributed by atoms with van der Waals surface area (Å²) in [4.78, 5) is 56.9. The summed E-state index contributed by atoms with van der Waals surface area (Å²) < 4.78 is 0. The van der Waals surface area contributed by atoms with Gasteiger partial charge in [-0.2, -0.15) is 5.26 Å². The predicted octanol–water partition coefficient (Wildman–Crippen LogP) is 1.84. The van der Waals surface area contributed by atoms with Gasteiger partial charge in [-0.15, -0.1) is 0 Å². The first-order valence-corrected chi connectivity index (χ1v) is 14.3. The van der Waals surface area contributed by atoms with Crippen LogP contribution in [0.15, 0.2) is 36.4 Å². The summed E-state index contributed by atoms with van der Waals surface area (Å²) in [5, 5.41) is 12.7. The Hall–Kier alpha value is -4.23. The predicted molar refractivity (Wildman–Crippen MR) is 159 cm³/mol. The normalized spacial score (nSPS) is 17.7. The molecule has 1 saturated heterocycles. The Balaban J connectivity index is 1.77. The van der Waals surface area contributed by atoms with Crippen LogP contribution in [0.1, 0.15) is 69.2 Å². The van der Waals surface area contributed by atoms with Crippen molar-refractivity contribution >= 4 is 23.6 Å². The van der Waals surface area contributed by atoms with Gasteiger partial charge in [-0.1, -0.05) is 12.1 Å². The molecule has 1 aliphatic heterocycles. The van der Waals surface area contributed by atoms with Crippen LogP contribution in [-0.2, 0) is 27.8 Å². The van der Waals surface area contributed by atoms with E-state index in [1.54, 1.807) is 45.2 Å². The van der Waals surface area contributed by atoms with Gasteiger partial charge in [0.05, 0.1) is 12.6 Å². The molecule has 222 valence electrons. The number of hydrogen-bond donors (Lipinski definition) is 2. The average molecular weight is 573 g/mol. The fourth-order valence-corrected chi connectivity index (χ4v) is 6.31. The third-order valence-electron chi connectivity index (χ3n) is 8.46. The molecule has 4 rings (SSSR count). The van der Waals surface area contributed by atoms with E-state index in [0.29, 0.717) is 36.9 Å². The quantitative estimate of drug-likeness (QED) is 0.495. The van der Waals surface area contributed by atoms with Gasteiger partial charge in [0.2, 0.25) is 11.8 Å². The fraction of sp³-hybridized carbons (Fsp3) is 0.469. The Morgan fingerprint density at radius 2 is 1.52 bits per heavy atom. The molecule has 0 bridgehead atoms. The number of nitriles is 1. The van der Waals surface area contributed by atoms with E-state index in [0.717, 1.165) is 28.7 Å². The first-order chi connectivity index (χ1) is 19.9. The number of nitrogens with two attached hydrogens (primary N) is 1. The number of hydrogen-bond acceptors (Lipinski definition) is 6. The molecule has 1 fully saturated rings. The number of aryl methyl sites for hydroxylation is 2. The van der Waals surface area contributed by atoms with Crippen LogP contribution in [0.4, 0.5) is 0 Å². The van der Waals surface area contributed by atoms with Crippen molar-refractivity contribution in [1.82, 2.24) is 20.0 Å². The first kappa shape index (κ1) is 30.7. The lowest BCUT2D eigenvalue weighted by molar-refractivity contribution is -0.130. The lowest BCUT2D eigenvalue weighted by Crippen LogP contribution is -2.49. The number of nitrogens with one attached hydrogen (secondary N) is 1. The number of fused-ring (bicyclic) bond motifs is 2. The summed E-state index contributed by atoms with van der Waals surface area (Å²) in [5.74, 6) is -0.989. The lowest BCUT2D eigenvalue weighted by atomic mass is 9.68. The number of carbonyl (C=O) groups excluding carboxylic acids is 4. The Morgan fingerprint density at radius 3 is 1.98 bits per heavy atom. The second kappa shape index (κ2) is 12.3. The van der Waals surface area contributed by atoms with Crippen LogP contribution in [0.25, 0.3) is 0 Å². The number of nitrogens with zero attached hydrogens (tertiary/aromatic N) is 4. The highest BCUT2D eigenvalue weighted by Gasteiger charge is 2.46. The van der Waals surface area contributed by atoms with Gasteiger partial charge in [-0.05, 0) is 85.5 Å². The van der Waals surface area contributed by atoms with Crippen LogP contribution in [0, 0.1) is 11.3 Å². The Bertz CT molecular complexity index is 1370. The molecule has 10 heteroatoms. The Kier molecular flexibility index (Phi) is 9.02. The van der Waals surface area contributed by atoms with Crippen LogP contribution in [0.3, 0.4) is 0 Å². The van der Waals surface area contributed by atoms with Gasteiger partial charge in [0.25, 0.3) is 11.8 Å². The molecule has 3 N–H and O–H groups in total. The summed E-state index contributed by atoms with van der Waals surface area (Å²) in [7, 11) is 6.76. The van der Waals surface area contributed by atoms with Gasteiger partial charge < -0.3 is 25.8 Å². The smallest absolute Gasteiger partial charge is 0.253 e. The standard InChI is InChI=1S/C32H40N6O4/c1-20(35-19-28(39)38-14-6-7-25(38)18-33)17-32(31(34)42)26-12-10-23(29(40)36(2)3)15-21(26)8-9-22-16-24(11-13-27(22)32)30(41)37(4)5/h10-13,15-16,20,25,35H,6-9,14,17,19H2,1-5H3,(H2,34,42)/t20-,25-/m0/s1. The van der Waals surface area contributed by atoms with Crippen molar-refractivity contribution in [2.24, 2.45) is 5.73 Å². The second-order valence-corrected chi connectivity index (χ2v) is 11.8. The maximum atomic E-state index is 13.7. The minimum Gasteiger partial charge on any atom is -0.369 e. The van der Waals surface area contributed by atoms with E-state index in [2.05, 4.69) is 11.4 Å². The second-order valence-electron chi connectivity index (χ2n) is 11.8. The molecule has 0 saturated carbocycles. The van der Waals surface area contributed by atoms with Gasteiger partial charge in [-0.3, -0.25) is 19.2 Å². The van der Waals surface area contributed by atoms with Crippen LogP contribution in [0.2, 0.25) is 0 Å². The molecule has 0 radical (unpaired) electrons. The van der Waals surface area contributed by atoms with Crippen molar-refractivity contribution in [2.45, 2.75) is 56.5 Å². The first-order valence-electron chi connectivity index (χ1n) is 14.3. The molecule has 2 aromatic carbocycles. The van der Waals surface area contributed by atoms with Crippen molar-refractivity contribution in [1.29, 1.82) is 5.26 Å². The highest BCUT2D eigenvalue weighted by Crippen LogP contribution is 2.44. The minimum absolute atomic E-state index is 0.0282. The zero-order valence-corrected chi connectivity index (χ0v) is 25.1. The number of likely N-dealkylation sites (tertiary alicyclic amines) is 1. The number of rotatable bonds is 8. The monoisotopic (exact) mass is 572 g/mol. The summed E-state index contributed by atoms with van der Waals surface area (Å²) in [5.41, 5.74) is 9.19. The van der Waals surface area contributed by atoms with E-state index in [1.165, 1.54) is 9.80 Å². The molecular weight excluding hydrogens is 532 g/mol. The minimum atomic E-state index is -1.28. The molecule has 1 heterocycles. The average Bonchev–Trinajstić information content (AvgIpc) is 3.40. The molecule has 4 amide bonds. The third kappa shape index (κ3) is 5.74. The number of carbonyl (C=O) groups is 4. The molecule has 0 aromatic heterocycles. The highest BCUT2D eigenvalue weighted by atomic mass is 16.2. The molecule has 42 heavy (non-hydrogen) atoms. The summed E-state index contributed by atoms with van der Waals surface area (Å²) in [6.07, 6.45) is 2.83. The van der Waals surface area contributed by atoms with Crippen LogP contribution in [-0.4, -0.2) is 91.7 Å². The van der Waals surface area contributed by atoms with Gasteiger partial charge in [0.15, 0.2) is 0 Å². The fourth-order valence-electron chi connectivity index (χ4n) is 6.31. The van der Waals surface area contributed by atoms with Gasteiger partial charge in [0, 0.05) is 51.9 Å². The number of benzene rings is 2. The SMILES string of the molecule is C[C@@H](CC1(C(N)=O)c2ccc(C(=O)N(C)C)cc2CCc2cc(C(=O)N(C)C)ccc21)NCC(=O)N1CCC[C@H]1C#N. The molecule has 1 aliphatic carbocycles. The van der Waals surface area contributed by atoms with Crippen LogP contribution >= 0.6 is 0 Å². The number of amides is 4. The van der Waals surface area contributed by atoms with Crippen molar-refractivity contribution in [2.75, 3.05) is 41.3 Å². The van der Waals surface area contributed by atoms with Crippen molar-refractivity contribution in [3.63, 3.8) is 0 Å². The molecular formula is C32H40N6O4. The van der Waals surface area contributed by atoms with Crippen LogP contribution < -0.4 is 11.1 Å². The summed E-state index contributed by atoms with van der Waals surface area (Å²) >= 11 is 0.